The molecule has 3 heteroatoms. The van der Waals surface area contributed by atoms with Crippen LogP contribution in [-0.4, -0.2) is 4.40 Å². The summed E-state index contributed by atoms with van der Waals surface area (Å²) in [6.45, 7) is 0. The lowest BCUT2D eigenvalue weighted by molar-refractivity contribution is -0.621. The molecule has 3 heterocycles. The maximum Gasteiger partial charge on any atom is 0.361 e. The molecule has 0 bridgehead atoms. The Hall–Kier alpha value is -3.20. The van der Waals surface area contributed by atoms with Gasteiger partial charge in [-0.05, 0) is 30.3 Å². The Balaban J connectivity index is 2.06. The lowest BCUT2D eigenvalue weighted by Crippen LogP contribution is -2.33. The summed E-state index contributed by atoms with van der Waals surface area (Å²) < 4.78 is 6.83. The average Bonchev–Trinajstić information content (AvgIpc) is 2.95. The van der Waals surface area contributed by atoms with E-state index >= 15 is 0 Å². The number of rotatable bonds is 1. The van der Waals surface area contributed by atoms with Crippen LogP contribution in [0.2, 0.25) is 0 Å². The van der Waals surface area contributed by atoms with Crippen molar-refractivity contribution in [2.24, 2.45) is 7.05 Å². The van der Waals surface area contributed by atoms with Gasteiger partial charge in [0, 0.05) is 12.1 Å². The smallest absolute Gasteiger partial charge is 0.220 e. The van der Waals surface area contributed by atoms with Crippen LogP contribution < -0.4 is 8.97 Å². The molecule has 5 rings (SSSR count). The highest BCUT2D eigenvalue weighted by Gasteiger charge is 2.26. The molecule has 0 fully saturated rings. The average molecular weight is 311 g/mol. The van der Waals surface area contributed by atoms with E-state index in [-0.39, 0.29) is 0 Å². The standard InChI is InChI=1S/C21H17N3/c1-22-17-11-5-6-12-18(17)24-15-20(16-9-3-2-4-10-16)23-14-8-7-13-19(23)21(22)24/h2-15H,1H3/q+2. The fourth-order valence-electron chi connectivity index (χ4n) is 3.61. The minimum absolute atomic E-state index is 1.18. The van der Waals surface area contributed by atoms with Crippen LogP contribution in [0, 0.1) is 0 Å². The molecule has 0 N–H and O–H groups in total. The Morgan fingerprint density at radius 1 is 0.750 bits per heavy atom. The van der Waals surface area contributed by atoms with Gasteiger partial charge in [0.2, 0.25) is 0 Å². The lowest BCUT2D eigenvalue weighted by atomic mass is 10.1. The highest BCUT2D eigenvalue weighted by Crippen LogP contribution is 2.21. The van der Waals surface area contributed by atoms with E-state index in [4.69, 9.17) is 0 Å². The van der Waals surface area contributed by atoms with Gasteiger partial charge in [-0.15, -0.1) is 4.40 Å². The Labute approximate surface area is 139 Å². The van der Waals surface area contributed by atoms with E-state index in [9.17, 15) is 0 Å². The number of hydrogen-bond acceptors (Lipinski definition) is 0. The van der Waals surface area contributed by atoms with Crippen molar-refractivity contribution in [1.82, 2.24) is 4.40 Å². The third-order valence-electron chi connectivity index (χ3n) is 4.72. The number of fused-ring (bicyclic) bond motifs is 5. The molecule has 2 aromatic carbocycles. The van der Waals surface area contributed by atoms with Gasteiger partial charge in [-0.25, -0.2) is 4.57 Å². The van der Waals surface area contributed by atoms with Crippen molar-refractivity contribution in [1.29, 1.82) is 0 Å². The summed E-state index contributed by atoms with van der Waals surface area (Å²) in [6, 6.07) is 25.4. The van der Waals surface area contributed by atoms with Crippen molar-refractivity contribution in [3.8, 4) is 11.3 Å². The second-order valence-electron chi connectivity index (χ2n) is 6.08. The normalized spacial score (nSPS) is 11.5. The second kappa shape index (κ2) is 4.90. The van der Waals surface area contributed by atoms with Crippen LogP contribution in [-0.2, 0) is 7.05 Å². The Bertz CT molecular complexity index is 1200. The van der Waals surface area contributed by atoms with E-state index in [1.165, 1.54) is 33.5 Å². The number of nitrogens with zero attached hydrogens (tertiary/aromatic N) is 3. The first-order valence-corrected chi connectivity index (χ1v) is 8.12. The van der Waals surface area contributed by atoms with Crippen LogP contribution in [0.3, 0.4) is 0 Å². The van der Waals surface area contributed by atoms with Gasteiger partial charge in [0.1, 0.15) is 0 Å². The molecular weight excluding hydrogens is 294 g/mol. The maximum atomic E-state index is 2.30. The third kappa shape index (κ3) is 1.72. The first-order chi connectivity index (χ1) is 11.8. The number of imidazole rings is 1. The van der Waals surface area contributed by atoms with Gasteiger partial charge in [-0.2, -0.15) is 4.40 Å². The van der Waals surface area contributed by atoms with Crippen LogP contribution in [0.5, 0.6) is 0 Å². The molecule has 0 aliphatic rings. The molecule has 3 aromatic heterocycles. The van der Waals surface area contributed by atoms with Crippen LogP contribution in [0.1, 0.15) is 0 Å². The summed E-state index contributed by atoms with van der Waals surface area (Å²) >= 11 is 0. The number of aromatic nitrogens is 3. The van der Waals surface area contributed by atoms with E-state index in [1.54, 1.807) is 0 Å². The molecule has 0 amide bonds. The SMILES string of the molecule is C[n+]1c2ccccc2n2cc(-c3ccccc3)[n+]3ccccc3c21. The Kier molecular flexibility index (Phi) is 2.71. The molecular formula is C21H17N3+2. The zero-order valence-corrected chi connectivity index (χ0v) is 13.4. The van der Waals surface area contributed by atoms with Gasteiger partial charge < -0.3 is 0 Å². The predicted molar refractivity (Wildman–Crippen MR) is 94.7 cm³/mol. The van der Waals surface area contributed by atoms with Gasteiger partial charge in [0.05, 0.1) is 12.6 Å². The molecule has 0 spiro atoms. The zero-order chi connectivity index (χ0) is 16.1. The van der Waals surface area contributed by atoms with Gasteiger partial charge >= 0.3 is 11.2 Å². The van der Waals surface area contributed by atoms with E-state index in [2.05, 4.69) is 106 Å². The van der Waals surface area contributed by atoms with Gasteiger partial charge in [0.25, 0.3) is 5.69 Å². The molecule has 0 unspecified atom stereocenters. The van der Waals surface area contributed by atoms with Crippen LogP contribution in [0.15, 0.2) is 85.2 Å². The summed E-state index contributed by atoms with van der Waals surface area (Å²) in [5, 5.41) is 0. The van der Waals surface area contributed by atoms with E-state index in [1.807, 2.05) is 0 Å². The molecule has 24 heavy (non-hydrogen) atoms. The van der Waals surface area contributed by atoms with Crippen LogP contribution in [0.4, 0.5) is 0 Å². The summed E-state index contributed by atoms with van der Waals surface area (Å²) in [5.74, 6) is 0. The zero-order valence-electron chi connectivity index (χ0n) is 13.4. The number of benzene rings is 2. The number of hydrogen-bond donors (Lipinski definition) is 0. The van der Waals surface area contributed by atoms with Crippen molar-refractivity contribution in [2.75, 3.05) is 0 Å². The fourth-order valence-corrected chi connectivity index (χ4v) is 3.61. The third-order valence-corrected chi connectivity index (χ3v) is 4.72. The molecule has 114 valence electrons. The topological polar surface area (TPSA) is 12.4 Å². The van der Waals surface area contributed by atoms with Crippen LogP contribution >= 0.6 is 0 Å². The van der Waals surface area contributed by atoms with Crippen LogP contribution in [0.25, 0.3) is 33.5 Å². The minimum Gasteiger partial charge on any atom is -0.220 e. The summed E-state index contributed by atoms with van der Waals surface area (Å²) in [7, 11) is 2.13. The van der Waals surface area contributed by atoms with E-state index in [0.717, 1.165) is 0 Å². The predicted octanol–water partition coefficient (Wildman–Crippen LogP) is 3.32. The van der Waals surface area contributed by atoms with Crippen molar-refractivity contribution in [3.63, 3.8) is 0 Å². The Morgan fingerprint density at radius 2 is 1.46 bits per heavy atom. The molecule has 0 aliphatic carbocycles. The summed E-state index contributed by atoms with van der Waals surface area (Å²) in [6.07, 6.45) is 4.37. The fraction of sp³-hybridized carbons (Fsp3) is 0.0476. The maximum absolute atomic E-state index is 2.30. The molecule has 5 aromatic rings. The first-order valence-electron chi connectivity index (χ1n) is 8.12. The minimum atomic E-state index is 1.18. The van der Waals surface area contributed by atoms with Crippen molar-refractivity contribution < 1.29 is 8.97 Å². The van der Waals surface area contributed by atoms with Gasteiger partial charge in [-0.3, -0.25) is 0 Å². The van der Waals surface area contributed by atoms with E-state index < -0.39 is 0 Å². The summed E-state index contributed by atoms with van der Waals surface area (Å²) in [4.78, 5) is 0. The lowest BCUT2D eigenvalue weighted by Gasteiger charge is -2.00. The molecule has 0 saturated carbocycles. The number of para-hydroxylation sites is 2. The van der Waals surface area contributed by atoms with Gasteiger partial charge in [0.15, 0.2) is 23.4 Å². The molecule has 3 nitrogen and oxygen atoms in total. The monoisotopic (exact) mass is 311 g/mol. The van der Waals surface area contributed by atoms with Crippen molar-refractivity contribution in [2.45, 2.75) is 0 Å². The quantitative estimate of drug-likeness (QED) is 0.421. The number of aryl methyl sites for hydroxylation is 1. The second-order valence-corrected chi connectivity index (χ2v) is 6.08. The molecule has 0 atom stereocenters. The largest absolute Gasteiger partial charge is 0.361 e. The van der Waals surface area contributed by atoms with Gasteiger partial charge in [-0.1, -0.05) is 30.3 Å². The number of pyridine rings is 1. The highest BCUT2D eigenvalue weighted by molar-refractivity contribution is 5.80. The molecule has 0 aliphatic heterocycles. The molecule has 0 radical (unpaired) electrons. The van der Waals surface area contributed by atoms with Crippen molar-refractivity contribution >= 4 is 22.2 Å². The van der Waals surface area contributed by atoms with E-state index in [0.29, 0.717) is 0 Å². The highest BCUT2D eigenvalue weighted by atomic mass is 15.1. The molecule has 0 saturated heterocycles. The van der Waals surface area contributed by atoms with Crippen molar-refractivity contribution in [3.05, 3.63) is 85.2 Å². The Morgan fingerprint density at radius 3 is 2.33 bits per heavy atom. The summed E-state index contributed by atoms with van der Waals surface area (Å²) in [5.41, 5.74) is 7.22. The first kappa shape index (κ1) is 13.3.